The quantitative estimate of drug-likeness (QED) is 0.621. The SMILES string of the molecule is CCS(=O)(=O)NCCNCc1cc(C)c(OCc2ccccn2)c(C)c1. The third-order valence-corrected chi connectivity index (χ3v) is 5.35. The van der Waals surface area contributed by atoms with Crippen LogP contribution in [-0.2, 0) is 23.2 Å². The number of rotatable bonds is 10. The Labute approximate surface area is 156 Å². The maximum Gasteiger partial charge on any atom is 0.211 e. The van der Waals surface area contributed by atoms with Gasteiger partial charge in [0, 0.05) is 25.8 Å². The molecule has 0 bridgehead atoms. The number of hydrogen-bond acceptors (Lipinski definition) is 5. The van der Waals surface area contributed by atoms with Gasteiger partial charge in [-0.05, 0) is 49.6 Å². The van der Waals surface area contributed by atoms with E-state index in [1.165, 1.54) is 0 Å². The standard InChI is InChI=1S/C19H27N3O3S/c1-4-26(23,24)22-10-9-20-13-17-11-15(2)19(16(3)12-17)25-14-18-7-5-6-8-21-18/h5-8,11-12,20,22H,4,9-10,13-14H2,1-3H3. The fraction of sp³-hybridized carbons (Fsp3) is 0.421. The number of benzene rings is 1. The summed E-state index contributed by atoms with van der Waals surface area (Å²) in [7, 11) is -3.12. The summed E-state index contributed by atoms with van der Waals surface area (Å²) in [6.45, 7) is 7.76. The van der Waals surface area contributed by atoms with E-state index >= 15 is 0 Å². The summed E-state index contributed by atoms with van der Waals surface area (Å²) in [6.07, 6.45) is 1.76. The van der Waals surface area contributed by atoms with E-state index in [1.807, 2.05) is 32.0 Å². The summed E-state index contributed by atoms with van der Waals surface area (Å²) in [5.41, 5.74) is 4.18. The van der Waals surface area contributed by atoms with E-state index in [2.05, 4.69) is 27.2 Å². The second-order valence-corrected chi connectivity index (χ2v) is 8.24. The van der Waals surface area contributed by atoms with Gasteiger partial charge in [-0.25, -0.2) is 13.1 Å². The molecule has 0 saturated heterocycles. The second kappa shape index (κ2) is 9.66. The molecule has 2 aromatic rings. The Kier molecular flexibility index (Phi) is 7.56. The lowest BCUT2D eigenvalue weighted by atomic mass is 10.1. The van der Waals surface area contributed by atoms with Gasteiger partial charge < -0.3 is 10.1 Å². The van der Waals surface area contributed by atoms with Crippen molar-refractivity contribution in [3.63, 3.8) is 0 Å². The van der Waals surface area contributed by atoms with Gasteiger partial charge in [0.25, 0.3) is 0 Å². The molecule has 0 unspecified atom stereocenters. The predicted octanol–water partition coefficient (Wildman–Crippen LogP) is 2.31. The summed E-state index contributed by atoms with van der Waals surface area (Å²) in [6, 6.07) is 9.94. The van der Waals surface area contributed by atoms with E-state index in [0.717, 1.165) is 28.1 Å². The van der Waals surface area contributed by atoms with Gasteiger partial charge >= 0.3 is 0 Å². The molecule has 6 nitrogen and oxygen atoms in total. The summed E-state index contributed by atoms with van der Waals surface area (Å²) < 4.78 is 31.2. The molecule has 0 amide bonds. The zero-order chi connectivity index (χ0) is 19.0. The van der Waals surface area contributed by atoms with Crippen molar-refractivity contribution >= 4 is 10.0 Å². The van der Waals surface area contributed by atoms with E-state index in [9.17, 15) is 8.42 Å². The van der Waals surface area contributed by atoms with Crippen LogP contribution in [0.3, 0.4) is 0 Å². The van der Waals surface area contributed by atoms with Gasteiger partial charge in [-0.1, -0.05) is 18.2 Å². The predicted molar refractivity (Wildman–Crippen MR) is 104 cm³/mol. The van der Waals surface area contributed by atoms with Crippen LogP contribution < -0.4 is 14.8 Å². The smallest absolute Gasteiger partial charge is 0.211 e. The number of aryl methyl sites for hydroxylation is 2. The Morgan fingerprint density at radius 3 is 2.46 bits per heavy atom. The molecule has 0 saturated carbocycles. The number of nitrogens with one attached hydrogen (secondary N) is 2. The van der Waals surface area contributed by atoms with Crippen molar-refractivity contribution in [2.24, 2.45) is 0 Å². The molecule has 142 valence electrons. The minimum absolute atomic E-state index is 0.103. The van der Waals surface area contributed by atoms with Crippen molar-refractivity contribution in [1.29, 1.82) is 0 Å². The maximum atomic E-state index is 11.4. The molecule has 0 aliphatic rings. The van der Waals surface area contributed by atoms with Crippen LogP contribution in [0.25, 0.3) is 0 Å². The number of nitrogens with zero attached hydrogens (tertiary/aromatic N) is 1. The van der Waals surface area contributed by atoms with E-state index in [0.29, 0.717) is 26.2 Å². The molecule has 0 atom stereocenters. The first-order valence-electron chi connectivity index (χ1n) is 8.72. The van der Waals surface area contributed by atoms with Crippen LogP contribution in [0.2, 0.25) is 0 Å². The van der Waals surface area contributed by atoms with Gasteiger partial charge in [0.2, 0.25) is 10.0 Å². The Hall–Kier alpha value is -1.96. The number of ether oxygens (including phenoxy) is 1. The minimum atomic E-state index is -3.12. The van der Waals surface area contributed by atoms with Gasteiger partial charge in [0.15, 0.2) is 0 Å². The summed E-state index contributed by atoms with van der Waals surface area (Å²) in [5.74, 6) is 0.987. The molecule has 0 aliphatic carbocycles. The first kappa shape index (κ1) is 20.4. The Morgan fingerprint density at radius 1 is 1.12 bits per heavy atom. The van der Waals surface area contributed by atoms with Crippen molar-refractivity contribution in [1.82, 2.24) is 15.0 Å². The first-order valence-corrected chi connectivity index (χ1v) is 10.4. The molecule has 0 fully saturated rings. The molecule has 0 aliphatic heterocycles. The molecular formula is C19H27N3O3S. The van der Waals surface area contributed by atoms with Gasteiger partial charge in [-0.15, -0.1) is 0 Å². The third kappa shape index (κ3) is 6.40. The van der Waals surface area contributed by atoms with E-state index < -0.39 is 10.0 Å². The molecule has 1 heterocycles. The van der Waals surface area contributed by atoms with Gasteiger partial charge in [-0.3, -0.25) is 4.98 Å². The van der Waals surface area contributed by atoms with E-state index in [-0.39, 0.29) is 5.75 Å². The maximum absolute atomic E-state index is 11.4. The molecule has 2 N–H and O–H groups in total. The average Bonchev–Trinajstić information content (AvgIpc) is 2.61. The Bertz CT molecular complexity index is 785. The van der Waals surface area contributed by atoms with Crippen LogP contribution in [0.1, 0.15) is 29.3 Å². The fourth-order valence-electron chi connectivity index (χ4n) is 2.63. The van der Waals surface area contributed by atoms with Crippen LogP contribution >= 0.6 is 0 Å². The van der Waals surface area contributed by atoms with Gasteiger partial charge in [0.05, 0.1) is 11.4 Å². The summed E-state index contributed by atoms with van der Waals surface area (Å²) >= 11 is 0. The number of hydrogen-bond donors (Lipinski definition) is 2. The van der Waals surface area contributed by atoms with Gasteiger partial charge in [0.1, 0.15) is 12.4 Å². The van der Waals surface area contributed by atoms with Crippen molar-refractivity contribution in [3.8, 4) is 5.75 Å². The largest absolute Gasteiger partial charge is 0.487 e. The van der Waals surface area contributed by atoms with Crippen LogP contribution in [0, 0.1) is 13.8 Å². The number of aromatic nitrogens is 1. The van der Waals surface area contributed by atoms with Crippen LogP contribution in [0.5, 0.6) is 5.75 Å². The van der Waals surface area contributed by atoms with Gasteiger partial charge in [-0.2, -0.15) is 0 Å². The van der Waals surface area contributed by atoms with Crippen LogP contribution in [0.15, 0.2) is 36.5 Å². The lowest BCUT2D eigenvalue weighted by Gasteiger charge is -2.14. The topological polar surface area (TPSA) is 80.3 Å². The highest BCUT2D eigenvalue weighted by atomic mass is 32.2. The lowest BCUT2D eigenvalue weighted by molar-refractivity contribution is 0.297. The van der Waals surface area contributed by atoms with E-state index in [4.69, 9.17) is 4.74 Å². The lowest BCUT2D eigenvalue weighted by Crippen LogP contribution is -2.32. The Morgan fingerprint density at radius 2 is 1.85 bits per heavy atom. The molecular weight excluding hydrogens is 350 g/mol. The van der Waals surface area contributed by atoms with Crippen molar-refractivity contribution in [3.05, 3.63) is 58.9 Å². The molecule has 1 aromatic carbocycles. The monoisotopic (exact) mass is 377 g/mol. The molecule has 0 radical (unpaired) electrons. The third-order valence-electron chi connectivity index (χ3n) is 3.94. The number of sulfonamides is 1. The first-order chi connectivity index (χ1) is 12.4. The molecule has 1 aromatic heterocycles. The fourth-order valence-corrected chi connectivity index (χ4v) is 3.25. The van der Waals surface area contributed by atoms with Crippen molar-refractivity contribution in [2.45, 2.75) is 33.9 Å². The highest BCUT2D eigenvalue weighted by Gasteiger charge is 2.08. The second-order valence-electron chi connectivity index (χ2n) is 6.14. The highest BCUT2D eigenvalue weighted by Crippen LogP contribution is 2.25. The zero-order valence-corrected chi connectivity index (χ0v) is 16.4. The Balaban J connectivity index is 1.86. The zero-order valence-electron chi connectivity index (χ0n) is 15.6. The van der Waals surface area contributed by atoms with Crippen molar-refractivity contribution in [2.75, 3.05) is 18.8 Å². The molecule has 0 spiro atoms. The van der Waals surface area contributed by atoms with E-state index in [1.54, 1.807) is 13.1 Å². The highest BCUT2D eigenvalue weighted by molar-refractivity contribution is 7.89. The normalized spacial score (nSPS) is 11.5. The summed E-state index contributed by atoms with van der Waals surface area (Å²) in [4.78, 5) is 4.27. The van der Waals surface area contributed by atoms with Crippen LogP contribution in [-0.4, -0.2) is 32.2 Å². The molecule has 2 rings (SSSR count). The number of pyridine rings is 1. The molecule has 7 heteroatoms. The van der Waals surface area contributed by atoms with Crippen LogP contribution in [0.4, 0.5) is 0 Å². The summed E-state index contributed by atoms with van der Waals surface area (Å²) in [5, 5.41) is 3.25. The average molecular weight is 378 g/mol. The minimum Gasteiger partial charge on any atom is -0.487 e. The molecule has 26 heavy (non-hydrogen) atoms. The van der Waals surface area contributed by atoms with Crippen molar-refractivity contribution < 1.29 is 13.2 Å².